The van der Waals surface area contributed by atoms with Gasteiger partial charge in [-0.3, -0.25) is 4.79 Å². The van der Waals surface area contributed by atoms with Crippen molar-refractivity contribution >= 4 is 53.2 Å². The number of halogens is 3. The number of amides is 1. The van der Waals surface area contributed by atoms with Crippen molar-refractivity contribution in [2.45, 2.75) is 11.3 Å². The maximum absolute atomic E-state index is 12.1. The van der Waals surface area contributed by atoms with Gasteiger partial charge in [0, 0.05) is 34.2 Å². The predicted octanol–water partition coefficient (Wildman–Crippen LogP) is 2.80. The summed E-state index contributed by atoms with van der Waals surface area (Å²) in [6.07, 6.45) is 0.885. The van der Waals surface area contributed by atoms with Gasteiger partial charge >= 0.3 is 0 Å². The van der Waals surface area contributed by atoms with E-state index < -0.39 is 15.0 Å². The van der Waals surface area contributed by atoms with E-state index in [1.807, 2.05) is 0 Å². The van der Waals surface area contributed by atoms with Crippen molar-refractivity contribution in [3.05, 3.63) is 27.2 Å². The minimum atomic E-state index is -3.97. The number of ether oxygens (including phenoxy) is 1. The number of nitrogens with one attached hydrogen (secondary N) is 1. The maximum Gasteiger partial charge on any atom is 0.262 e. The molecule has 1 fully saturated rings. The Morgan fingerprint density at radius 3 is 2.76 bits per heavy atom. The van der Waals surface area contributed by atoms with E-state index in [4.69, 9.17) is 27.0 Å². The molecule has 0 bridgehead atoms. The molecule has 1 unspecified atom stereocenters. The van der Waals surface area contributed by atoms with Gasteiger partial charge in [-0.1, -0.05) is 11.6 Å². The smallest absolute Gasteiger partial charge is 0.262 e. The van der Waals surface area contributed by atoms with Gasteiger partial charge in [0.1, 0.15) is 0 Å². The Labute approximate surface area is 140 Å². The SMILES string of the molecule is O=C(NCC1CCOC1)c1cc(S(=O)(=O)Cl)c(Br)cc1Cl. The first kappa shape index (κ1) is 17.0. The molecule has 2 rings (SSSR count). The average Bonchev–Trinajstić information content (AvgIpc) is 2.87. The van der Waals surface area contributed by atoms with Crippen LogP contribution in [0.4, 0.5) is 0 Å². The van der Waals surface area contributed by atoms with Crippen LogP contribution in [0.15, 0.2) is 21.5 Å². The molecule has 5 nitrogen and oxygen atoms in total. The van der Waals surface area contributed by atoms with Crippen LogP contribution in [-0.4, -0.2) is 34.1 Å². The van der Waals surface area contributed by atoms with Crippen LogP contribution in [-0.2, 0) is 13.8 Å². The Bertz CT molecular complexity index is 659. The topological polar surface area (TPSA) is 72.5 Å². The zero-order chi connectivity index (χ0) is 15.6. The molecule has 1 atom stereocenters. The summed E-state index contributed by atoms with van der Waals surface area (Å²) in [7, 11) is 1.35. The molecule has 1 aliphatic heterocycles. The fourth-order valence-electron chi connectivity index (χ4n) is 1.97. The molecule has 0 radical (unpaired) electrons. The van der Waals surface area contributed by atoms with Gasteiger partial charge < -0.3 is 10.1 Å². The van der Waals surface area contributed by atoms with Gasteiger partial charge in [-0.15, -0.1) is 0 Å². The zero-order valence-electron chi connectivity index (χ0n) is 10.7. The quantitative estimate of drug-likeness (QED) is 0.766. The largest absolute Gasteiger partial charge is 0.381 e. The third-order valence-electron chi connectivity index (χ3n) is 3.10. The van der Waals surface area contributed by atoms with Gasteiger partial charge in [-0.25, -0.2) is 8.42 Å². The monoisotopic (exact) mass is 415 g/mol. The molecule has 9 heteroatoms. The van der Waals surface area contributed by atoms with Gasteiger partial charge in [0.2, 0.25) is 0 Å². The summed E-state index contributed by atoms with van der Waals surface area (Å²) in [5.41, 5.74) is 0.0676. The highest BCUT2D eigenvalue weighted by molar-refractivity contribution is 9.10. The Kier molecular flexibility index (Phi) is 5.54. The second-order valence-electron chi connectivity index (χ2n) is 4.64. The van der Waals surface area contributed by atoms with Gasteiger partial charge in [-0.2, -0.15) is 0 Å². The van der Waals surface area contributed by atoms with E-state index in [2.05, 4.69) is 21.2 Å². The minimum absolute atomic E-state index is 0.0676. The molecule has 0 spiro atoms. The van der Waals surface area contributed by atoms with Crippen LogP contribution in [0.1, 0.15) is 16.8 Å². The standard InChI is InChI=1S/C12H12BrCl2NO4S/c13-9-4-10(14)8(3-11(9)21(15,18)19)12(17)16-5-7-1-2-20-6-7/h3-4,7H,1-2,5-6H2,(H,16,17). The number of hydrogen-bond acceptors (Lipinski definition) is 4. The van der Waals surface area contributed by atoms with Crippen molar-refractivity contribution in [3.63, 3.8) is 0 Å². The van der Waals surface area contributed by atoms with Crippen LogP contribution in [0.5, 0.6) is 0 Å². The van der Waals surface area contributed by atoms with E-state index in [1.54, 1.807) is 0 Å². The molecule has 0 aromatic heterocycles. The molecule has 1 aromatic rings. The first-order valence-corrected chi connectivity index (χ1v) is 9.56. The van der Waals surface area contributed by atoms with Crippen molar-refractivity contribution < 1.29 is 17.9 Å². The molecule has 1 amide bonds. The van der Waals surface area contributed by atoms with E-state index >= 15 is 0 Å². The highest BCUT2D eigenvalue weighted by Crippen LogP contribution is 2.31. The maximum atomic E-state index is 12.1. The summed E-state index contributed by atoms with van der Waals surface area (Å²) >= 11 is 9.05. The van der Waals surface area contributed by atoms with Crippen LogP contribution in [0, 0.1) is 5.92 Å². The summed E-state index contributed by atoms with van der Waals surface area (Å²) in [4.78, 5) is 11.9. The normalized spacial score (nSPS) is 18.7. The average molecular weight is 417 g/mol. The fourth-order valence-corrected chi connectivity index (χ4v) is 4.54. The third kappa shape index (κ3) is 4.32. The number of benzene rings is 1. The second-order valence-corrected chi connectivity index (χ2v) is 8.44. The fraction of sp³-hybridized carbons (Fsp3) is 0.417. The Morgan fingerprint density at radius 1 is 1.48 bits per heavy atom. The van der Waals surface area contributed by atoms with Crippen LogP contribution in [0.25, 0.3) is 0 Å². The molecule has 1 aliphatic rings. The first-order chi connectivity index (χ1) is 9.79. The Morgan fingerprint density at radius 2 is 2.19 bits per heavy atom. The molecule has 116 valence electrons. The molecule has 1 N–H and O–H groups in total. The van der Waals surface area contributed by atoms with Gasteiger partial charge in [0.15, 0.2) is 0 Å². The molecule has 21 heavy (non-hydrogen) atoms. The Hall–Kier alpha value is -0.340. The molecule has 0 saturated carbocycles. The van der Waals surface area contributed by atoms with Crippen LogP contribution >= 0.6 is 38.2 Å². The van der Waals surface area contributed by atoms with Crippen molar-refractivity contribution in [1.29, 1.82) is 0 Å². The van der Waals surface area contributed by atoms with Gasteiger partial charge in [0.25, 0.3) is 15.0 Å². The summed E-state index contributed by atoms with van der Waals surface area (Å²) in [5, 5.41) is 2.87. The number of carbonyl (C=O) groups is 1. The van der Waals surface area contributed by atoms with E-state index in [-0.39, 0.29) is 25.9 Å². The van der Waals surface area contributed by atoms with E-state index in [1.165, 1.54) is 6.07 Å². The highest BCUT2D eigenvalue weighted by Gasteiger charge is 2.22. The summed E-state index contributed by atoms with van der Waals surface area (Å²) in [6, 6.07) is 2.50. The van der Waals surface area contributed by atoms with Crippen molar-refractivity contribution in [1.82, 2.24) is 5.32 Å². The van der Waals surface area contributed by atoms with E-state index in [0.29, 0.717) is 19.8 Å². The third-order valence-corrected chi connectivity index (χ3v) is 5.70. The van der Waals surface area contributed by atoms with Crippen LogP contribution in [0.3, 0.4) is 0 Å². The molecule has 1 aromatic carbocycles. The molecule has 1 saturated heterocycles. The lowest BCUT2D eigenvalue weighted by atomic mass is 10.1. The van der Waals surface area contributed by atoms with Gasteiger partial charge in [0.05, 0.1) is 22.1 Å². The lowest BCUT2D eigenvalue weighted by Gasteiger charge is -2.11. The second kappa shape index (κ2) is 6.83. The zero-order valence-corrected chi connectivity index (χ0v) is 14.6. The summed E-state index contributed by atoms with van der Waals surface area (Å²) < 4.78 is 28.3. The number of carbonyl (C=O) groups excluding carboxylic acids is 1. The number of hydrogen-bond donors (Lipinski definition) is 1. The molecule has 0 aliphatic carbocycles. The van der Waals surface area contributed by atoms with Crippen molar-refractivity contribution in [2.24, 2.45) is 5.92 Å². The number of rotatable bonds is 4. The van der Waals surface area contributed by atoms with E-state index in [9.17, 15) is 13.2 Å². The van der Waals surface area contributed by atoms with Crippen LogP contribution in [0.2, 0.25) is 5.02 Å². The lowest BCUT2D eigenvalue weighted by Crippen LogP contribution is -2.29. The first-order valence-electron chi connectivity index (χ1n) is 6.08. The van der Waals surface area contributed by atoms with Crippen molar-refractivity contribution in [2.75, 3.05) is 19.8 Å². The highest BCUT2D eigenvalue weighted by atomic mass is 79.9. The Balaban J connectivity index is 2.20. The van der Waals surface area contributed by atoms with Crippen LogP contribution < -0.4 is 5.32 Å². The van der Waals surface area contributed by atoms with E-state index in [0.717, 1.165) is 12.5 Å². The predicted molar refractivity (Wildman–Crippen MR) is 83.5 cm³/mol. The summed E-state index contributed by atoms with van der Waals surface area (Å²) in [5.74, 6) is -0.180. The minimum Gasteiger partial charge on any atom is -0.381 e. The lowest BCUT2D eigenvalue weighted by molar-refractivity contribution is 0.0945. The summed E-state index contributed by atoms with van der Waals surface area (Å²) in [6.45, 7) is 1.75. The molecular weight excluding hydrogens is 405 g/mol. The van der Waals surface area contributed by atoms with Gasteiger partial charge in [-0.05, 0) is 34.5 Å². The molecular formula is C12H12BrCl2NO4S. The van der Waals surface area contributed by atoms with Crippen molar-refractivity contribution in [3.8, 4) is 0 Å². The molecule has 1 heterocycles.